The molecule has 0 saturated carbocycles. The molecule has 2 atom stereocenters. The van der Waals surface area contributed by atoms with E-state index >= 15 is 0 Å². The molecule has 1 nitrogen and oxygen atoms in total. The molecule has 1 fully saturated rings. The molecule has 10 heavy (non-hydrogen) atoms. The van der Waals surface area contributed by atoms with Crippen LogP contribution in [0.5, 0.6) is 0 Å². The second-order valence-corrected chi connectivity index (χ2v) is 3.58. The molecular formula is C9H19N. The predicted octanol–water partition coefficient (Wildman–Crippen LogP) is 2.13. The first-order valence-corrected chi connectivity index (χ1v) is 4.46. The van der Waals surface area contributed by atoms with E-state index in [2.05, 4.69) is 25.8 Å². The molecule has 60 valence electrons. The molecule has 0 radical (unpaired) electrons. The summed E-state index contributed by atoms with van der Waals surface area (Å²) in [5.74, 6) is 0.896. The molecular weight excluding hydrogens is 122 g/mol. The van der Waals surface area contributed by atoms with E-state index in [4.69, 9.17) is 0 Å². The number of hydrogen-bond donors (Lipinski definition) is 0. The van der Waals surface area contributed by atoms with E-state index in [1.54, 1.807) is 0 Å². The molecule has 0 N–H and O–H groups in total. The Bertz CT molecular complexity index is 101. The van der Waals surface area contributed by atoms with Crippen molar-refractivity contribution >= 4 is 0 Å². The van der Waals surface area contributed by atoms with Gasteiger partial charge in [-0.15, -0.1) is 0 Å². The van der Waals surface area contributed by atoms with E-state index < -0.39 is 0 Å². The summed E-state index contributed by atoms with van der Waals surface area (Å²) in [6, 6.07) is 0.880. The first-order chi connectivity index (χ1) is 4.75. The topological polar surface area (TPSA) is 3.24 Å². The fraction of sp³-hybridized carbons (Fsp3) is 1.00. The van der Waals surface area contributed by atoms with Crippen LogP contribution < -0.4 is 0 Å². The third-order valence-electron chi connectivity index (χ3n) is 2.88. The average molecular weight is 141 g/mol. The maximum atomic E-state index is 2.51. The zero-order valence-electron chi connectivity index (χ0n) is 7.43. The maximum Gasteiger partial charge on any atom is 0.0118 e. The highest BCUT2D eigenvalue weighted by Crippen LogP contribution is 2.23. The van der Waals surface area contributed by atoms with Gasteiger partial charge in [0.25, 0.3) is 0 Å². The zero-order chi connectivity index (χ0) is 7.56. The lowest BCUT2D eigenvalue weighted by Gasteiger charge is -2.24. The smallest absolute Gasteiger partial charge is 0.0118 e. The van der Waals surface area contributed by atoms with Gasteiger partial charge in [-0.25, -0.2) is 0 Å². The van der Waals surface area contributed by atoms with E-state index in [0.29, 0.717) is 0 Å². The van der Waals surface area contributed by atoms with Crippen molar-refractivity contribution < 1.29 is 0 Å². The SMILES string of the molecule is CCC(C)[C@@H]1CCCN1C. The number of nitrogens with zero attached hydrogens (tertiary/aromatic N) is 1. The lowest BCUT2D eigenvalue weighted by atomic mass is 9.97. The Labute approximate surface area is 64.4 Å². The van der Waals surface area contributed by atoms with Gasteiger partial charge in [-0.3, -0.25) is 0 Å². The molecule has 1 unspecified atom stereocenters. The second kappa shape index (κ2) is 3.38. The van der Waals surface area contributed by atoms with Gasteiger partial charge in [0.1, 0.15) is 0 Å². The highest BCUT2D eigenvalue weighted by atomic mass is 15.1. The lowest BCUT2D eigenvalue weighted by molar-refractivity contribution is 0.234. The molecule has 1 heteroatoms. The third-order valence-corrected chi connectivity index (χ3v) is 2.88. The van der Waals surface area contributed by atoms with Crippen LogP contribution in [0.2, 0.25) is 0 Å². The highest BCUT2D eigenvalue weighted by molar-refractivity contribution is 4.79. The van der Waals surface area contributed by atoms with E-state index in [1.165, 1.54) is 25.8 Å². The second-order valence-electron chi connectivity index (χ2n) is 3.58. The third kappa shape index (κ3) is 1.51. The number of rotatable bonds is 2. The minimum absolute atomic E-state index is 0.880. The van der Waals surface area contributed by atoms with Crippen LogP contribution in [-0.2, 0) is 0 Å². The van der Waals surface area contributed by atoms with Crippen molar-refractivity contribution in [1.82, 2.24) is 4.90 Å². The van der Waals surface area contributed by atoms with Crippen molar-refractivity contribution in [3.63, 3.8) is 0 Å². The van der Waals surface area contributed by atoms with Gasteiger partial charge >= 0.3 is 0 Å². The van der Waals surface area contributed by atoms with Gasteiger partial charge in [-0.1, -0.05) is 20.3 Å². The Morgan fingerprint density at radius 1 is 1.60 bits per heavy atom. The summed E-state index contributed by atoms with van der Waals surface area (Å²) in [6.07, 6.45) is 4.16. The van der Waals surface area contributed by atoms with Crippen LogP contribution in [0.25, 0.3) is 0 Å². The molecule has 1 aliphatic rings. The fourth-order valence-corrected chi connectivity index (χ4v) is 1.93. The minimum atomic E-state index is 0.880. The van der Waals surface area contributed by atoms with Crippen molar-refractivity contribution in [2.75, 3.05) is 13.6 Å². The maximum absolute atomic E-state index is 2.51. The van der Waals surface area contributed by atoms with Crippen molar-refractivity contribution in [3.05, 3.63) is 0 Å². The fourth-order valence-electron chi connectivity index (χ4n) is 1.93. The number of hydrogen-bond acceptors (Lipinski definition) is 1. The molecule has 1 rings (SSSR count). The zero-order valence-corrected chi connectivity index (χ0v) is 7.43. The first kappa shape index (κ1) is 8.06. The first-order valence-electron chi connectivity index (χ1n) is 4.46. The van der Waals surface area contributed by atoms with Crippen molar-refractivity contribution in [1.29, 1.82) is 0 Å². The molecule has 0 spiro atoms. The minimum Gasteiger partial charge on any atom is -0.303 e. The Morgan fingerprint density at radius 3 is 2.70 bits per heavy atom. The number of likely N-dealkylation sites (tertiary alicyclic amines) is 1. The van der Waals surface area contributed by atoms with E-state index in [0.717, 1.165) is 12.0 Å². The standard InChI is InChI=1S/C9H19N/c1-4-8(2)9-6-5-7-10(9)3/h8-9H,4-7H2,1-3H3/t8?,9-/m0/s1. The molecule has 0 aromatic rings. The molecule has 0 bridgehead atoms. The lowest BCUT2D eigenvalue weighted by Crippen LogP contribution is -2.30. The quantitative estimate of drug-likeness (QED) is 0.569. The summed E-state index contributed by atoms with van der Waals surface area (Å²) >= 11 is 0. The van der Waals surface area contributed by atoms with Gasteiger partial charge in [0.05, 0.1) is 0 Å². The van der Waals surface area contributed by atoms with Crippen LogP contribution in [0.1, 0.15) is 33.1 Å². The van der Waals surface area contributed by atoms with Crippen LogP contribution >= 0.6 is 0 Å². The Hall–Kier alpha value is -0.0400. The Morgan fingerprint density at radius 2 is 2.30 bits per heavy atom. The summed E-state index contributed by atoms with van der Waals surface area (Å²) in [5, 5.41) is 0. The summed E-state index contributed by atoms with van der Waals surface area (Å²) in [6.45, 7) is 5.97. The molecule has 0 amide bonds. The van der Waals surface area contributed by atoms with Gasteiger partial charge < -0.3 is 4.90 Å². The van der Waals surface area contributed by atoms with Crippen molar-refractivity contribution in [3.8, 4) is 0 Å². The van der Waals surface area contributed by atoms with Crippen LogP contribution in [0.3, 0.4) is 0 Å². The monoisotopic (exact) mass is 141 g/mol. The van der Waals surface area contributed by atoms with E-state index in [1.807, 2.05) is 0 Å². The molecule has 0 aliphatic carbocycles. The van der Waals surface area contributed by atoms with Gasteiger partial charge in [0, 0.05) is 6.04 Å². The van der Waals surface area contributed by atoms with Gasteiger partial charge in [-0.2, -0.15) is 0 Å². The normalized spacial score (nSPS) is 30.9. The molecule has 1 heterocycles. The Balaban J connectivity index is 2.38. The summed E-state index contributed by atoms with van der Waals surface area (Å²) < 4.78 is 0. The van der Waals surface area contributed by atoms with Gasteiger partial charge in [-0.05, 0) is 32.4 Å². The average Bonchev–Trinajstić information content (AvgIpc) is 2.34. The molecule has 0 aromatic carbocycles. The van der Waals surface area contributed by atoms with Gasteiger partial charge in [0.2, 0.25) is 0 Å². The van der Waals surface area contributed by atoms with Crippen molar-refractivity contribution in [2.45, 2.75) is 39.2 Å². The van der Waals surface area contributed by atoms with Crippen LogP contribution in [-0.4, -0.2) is 24.5 Å². The van der Waals surface area contributed by atoms with Gasteiger partial charge in [0.15, 0.2) is 0 Å². The van der Waals surface area contributed by atoms with Crippen LogP contribution in [0, 0.1) is 5.92 Å². The molecule has 0 aromatic heterocycles. The highest BCUT2D eigenvalue weighted by Gasteiger charge is 2.24. The van der Waals surface area contributed by atoms with Crippen LogP contribution in [0.15, 0.2) is 0 Å². The summed E-state index contributed by atoms with van der Waals surface area (Å²) in [5.41, 5.74) is 0. The summed E-state index contributed by atoms with van der Waals surface area (Å²) in [7, 11) is 2.25. The largest absolute Gasteiger partial charge is 0.303 e. The van der Waals surface area contributed by atoms with Crippen LogP contribution in [0.4, 0.5) is 0 Å². The van der Waals surface area contributed by atoms with Crippen molar-refractivity contribution in [2.24, 2.45) is 5.92 Å². The molecule has 1 saturated heterocycles. The Kier molecular flexibility index (Phi) is 2.72. The molecule has 1 aliphatic heterocycles. The summed E-state index contributed by atoms with van der Waals surface area (Å²) in [4.78, 5) is 2.51. The predicted molar refractivity (Wildman–Crippen MR) is 45.1 cm³/mol. The van der Waals surface area contributed by atoms with E-state index in [9.17, 15) is 0 Å². The van der Waals surface area contributed by atoms with E-state index in [-0.39, 0.29) is 0 Å².